The second kappa shape index (κ2) is 30.7. The molecule has 5 fully saturated rings. The molecule has 6 heterocycles. The summed E-state index contributed by atoms with van der Waals surface area (Å²) in [4.78, 5) is 0. The van der Waals surface area contributed by atoms with Crippen LogP contribution in [0.15, 0.2) is 219 Å². The van der Waals surface area contributed by atoms with Crippen molar-refractivity contribution in [1.29, 1.82) is 0 Å². The van der Waals surface area contributed by atoms with Crippen molar-refractivity contribution in [3.8, 4) is 67.5 Å². The molecule has 0 spiro atoms. The van der Waals surface area contributed by atoms with Crippen LogP contribution in [0.5, 0.6) is 0 Å². The predicted octanol–water partition coefficient (Wildman–Crippen LogP) is 22.4. The molecule has 6 aromatic heterocycles. The van der Waals surface area contributed by atoms with Crippen LogP contribution >= 0.6 is 0 Å². The van der Waals surface area contributed by atoms with E-state index in [1.807, 2.05) is 56.0 Å². The minimum atomic E-state index is -1.66. The van der Waals surface area contributed by atoms with E-state index in [1.165, 1.54) is 141 Å². The summed E-state index contributed by atoms with van der Waals surface area (Å²) in [7, 11) is 12.6. The maximum Gasteiger partial charge on any atom is 0.216 e. The summed E-state index contributed by atoms with van der Waals surface area (Å²) < 4.78 is 72.1. The maximum atomic E-state index is 8.73. The van der Waals surface area contributed by atoms with Gasteiger partial charge < -0.3 is 0 Å². The van der Waals surface area contributed by atoms with Crippen molar-refractivity contribution in [3.05, 3.63) is 319 Å². The Morgan fingerprint density at radius 2 is 0.748 bits per heavy atom. The van der Waals surface area contributed by atoms with Crippen LogP contribution in [0.25, 0.3) is 67.5 Å². The molecule has 115 heavy (non-hydrogen) atoms. The van der Waals surface area contributed by atoms with Crippen LogP contribution in [0.4, 0.5) is 0 Å². The second-order valence-corrected chi connectivity index (χ2v) is 36.9. The summed E-state index contributed by atoms with van der Waals surface area (Å²) >= 11 is 0. The van der Waals surface area contributed by atoms with Gasteiger partial charge in [0.2, 0.25) is 34.2 Å². The van der Waals surface area contributed by atoms with Crippen molar-refractivity contribution in [2.24, 2.45) is 59.5 Å². The monoisotopic (exact) mass is 1520 g/mol. The molecule has 12 aromatic rings. The van der Waals surface area contributed by atoms with Gasteiger partial charge in [-0.05, 0) is 312 Å². The molecule has 6 aromatic carbocycles. The number of hydrogen-bond acceptors (Lipinski definition) is 0. The van der Waals surface area contributed by atoms with E-state index in [0.29, 0.717) is 28.4 Å². The van der Waals surface area contributed by atoms with E-state index in [-0.39, 0.29) is 12.3 Å². The average molecular weight is 1530 g/mol. The summed E-state index contributed by atoms with van der Waals surface area (Å²) in [5.41, 5.74) is 38.6. The summed E-state index contributed by atoms with van der Waals surface area (Å²) in [5.74, 6) is 3.60. The Labute approximate surface area is 697 Å². The highest BCUT2D eigenvalue weighted by Crippen LogP contribution is 2.68. The largest absolute Gasteiger partial charge is 0.216 e. The SMILES string of the molecule is Cc1ccccc1-c1cc2c(c[n+]1C)C1(C)CCC2C1(C)C.Cc1ccccc1-c1cc2c(c[n+]1C)C1CCC2C1.Cc1ccccc1-c1cc2c(c[n+]1C)CC1CC2C1.[2H]C1([2H])CC([2H])([2H])c2c1cc[n+](C)c2-c1ccccc1C.[2H]C12CC(Cc3c[n+](C)c(-c4ccccc4C)cc31)C2.[2H]C12CCC([2H])(C1)c1c[n+](C)c(-c3ccccc3C)cc12. The fourth-order valence-electron chi connectivity index (χ4n) is 22.5. The molecule has 0 amide bonds. The van der Waals surface area contributed by atoms with Gasteiger partial charge in [-0.15, -0.1) is 0 Å². The van der Waals surface area contributed by atoms with E-state index < -0.39 is 24.5 Å². The van der Waals surface area contributed by atoms with Crippen LogP contribution in [-0.4, -0.2) is 0 Å². The number of rotatable bonds is 6. The van der Waals surface area contributed by atoms with Crippen LogP contribution in [0, 0.1) is 58.8 Å². The third-order valence-corrected chi connectivity index (χ3v) is 29.6. The molecule has 13 aliphatic rings. The van der Waals surface area contributed by atoms with Gasteiger partial charge in [0, 0.05) is 118 Å². The van der Waals surface area contributed by atoms with Gasteiger partial charge in [-0.1, -0.05) is 130 Å². The molecule has 0 saturated heterocycles. The fraction of sp³-hybridized carbons (Fsp3) is 0.394. The van der Waals surface area contributed by atoms with Crippen LogP contribution < -0.4 is 27.4 Å². The van der Waals surface area contributed by atoms with Crippen molar-refractivity contribution in [2.75, 3.05) is 0 Å². The fourth-order valence-corrected chi connectivity index (χ4v) is 22.5. The quantitative estimate of drug-likeness (QED) is 0.148. The third-order valence-electron chi connectivity index (χ3n) is 29.6. The number of benzene rings is 6. The van der Waals surface area contributed by atoms with Gasteiger partial charge >= 0.3 is 0 Å². The highest BCUT2D eigenvalue weighted by atomic mass is 15.0. The molecule has 0 aliphatic heterocycles. The Bertz CT molecular complexity index is 6130. The van der Waals surface area contributed by atoms with Gasteiger partial charge in [0.25, 0.3) is 0 Å². The van der Waals surface area contributed by atoms with Crippen LogP contribution in [-0.2, 0) is 73.3 Å². The number of pyridine rings is 6. The zero-order chi connectivity index (χ0) is 85.8. The topological polar surface area (TPSA) is 23.3 Å². The Hall–Kier alpha value is -9.78. The highest BCUT2D eigenvalue weighted by molar-refractivity contribution is 5.69. The number of aromatic nitrogens is 6. The molecule has 25 rings (SSSR count). The standard InChI is InChI=1S/C21H26N.4C18H20N.C16H18N/c1-14-8-6-7-9-15(14)19-12-16-17-10-11-21(4,20(17,2)3)18(16)13-22(19)5;2*1-12-5-3-4-6-16(12)18-10-17-14-7-13(8-14)9-15(17)11-19(18)2;2*1-12-5-3-4-6-15(12)18-10-16-13-7-8-14(9-13)17(16)11-19(18)2;1-12-6-3-4-8-14(12)16-15-9-5-7-13(15)10-11-17(16)2/h6-9,12-13,17H,10-11H2,1-5H3;4*3-6,10-11,13-14H,7-9H2,1-2H3;3-4,6,8,10-11H,5,7,9H2,1-2H3/q6*+1/i;14D;;13D,14D;;7D2,9D2. The lowest BCUT2D eigenvalue weighted by molar-refractivity contribution is -0.661. The Kier molecular flexibility index (Phi) is 18.3. The Morgan fingerprint density at radius 1 is 0.339 bits per heavy atom. The predicted molar refractivity (Wildman–Crippen MR) is 469 cm³/mol. The number of hydrogen-bond donors (Lipinski definition) is 0. The van der Waals surface area contributed by atoms with E-state index in [4.69, 9.17) is 9.60 Å². The molecule has 10 bridgehead atoms. The number of nitrogens with zero attached hydrogens (tertiary/aromatic N) is 6. The molecule has 13 aliphatic carbocycles. The normalized spacial score (nSPS) is 26.7. The minimum Gasteiger partial charge on any atom is -0.201 e. The van der Waals surface area contributed by atoms with Crippen molar-refractivity contribution in [3.63, 3.8) is 0 Å². The lowest BCUT2D eigenvalue weighted by Crippen LogP contribution is -2.37. The zero-order valence-corrected chi connectivity index (χ0v) is 71.0. The van der Waals surface area contributed by atoms with Gasteiger partial charge in [0.15, 0.2) is 37.2 Å². The lowest BCUT2D eigenvalue weighted by atomic mass is 9.63. The first-order valence-corrected chi connectivity index (χ1v) is 43.1. The first kappa shape index (κ1) is 68.4. The highest BCUT2D eigenvalue weighted by Gasteiger charge is 2.61. The van der Waals surface area contributed by atoms with Crippen molar-refractivity contribution < 1.29 is 37.0 Å². The maximum absolute atomic E-state index is 8.73. The van der Waals surface area contributed by atoms with Crippen LogP contribution in [0.3, 0.4) is 0 Å². The van der Waals surface area contributed by atoms with E-state index in [1.54, 1.807) is 39.4 Å². The summed E-state index contributed by atoms with van der Waals surface area (Å²) in [6.07, 6.45) is 26.6. The van der Waals surface area contributed by atoms with Crippen LogP contribution in [0.1, 0.15) is 255 Å². The van der Waals surface area contributed by atoms with E-state index in [2.05, 4.69) is 289 Å². The second-order valence-electron chi connectivity index (χ2n) is 36.9. The Balaban J connectivity index is 0.000000100. The molecule has 6 nitrogen and oxygen atoms in total. The van der Waals surface area contributed by atoms with E-state index in [9.17, 15) is 0 Å². The molecular formula is C109H124N6+6. The zero-order valence-electron chi connectivity index (χ0n) is 78.0. The van der Waals surface area contributed by atoms with Gasteiger partial charge in [0.05, 0.1) is 0 Å². The summed E-state index contributed by atoms with van der Waals surface area (Å²) in [6.45, 7) is 20.3. The van der Waals surface area contributed by atoms with E-state index in [0.717, 1.165) is 101 Å². The third kappa shape index (κ3) is 13.9. The molecule has 6 atom stereocenters. The first-order chi connectivity index (χ1) is 58.1. The summed E-state index contributed by atoms with van der Waals surface area (Å²) in [6, 6.07) is 64.4. The molecule has 584 valence electrons. The number of aryl methyl sites for hydroxylation is 13. The first-order valence-electron chi connectivity index (χ1n) is 46.6. The van der Waals surface area contributed by atoms with Gasteiger partial charge in [-0.2, -0.15) is 0 Å². The molecule has 5 saturated carbocycles. The molecular weight excluding hydrogens is 1390 g/mol. The number of fused-ring (bicyclic) bond motifs is 16. The average Bonchev–Trinajstić information content (AvgIpc) is 1.54. The summed E-state index contributed by atoms with van der Waals surface area (Å²) in [5, 5.41) is 0. The minimum absolute atomic E-state index is 0.127. The van der Waals surface area contributed by atoms with Crippen LogP contribution in [0.2, 0.25) is 0 Å². The van der Waals surface area contributed by atoms with Gasteiger partial charge in [0.1, 0.15) is 42.3 Å². The molecule has 0 radical (unpaired) electrons. The van der Waals surface area contributed by atoms with E-state index >= 15 is 0 Å². The molecule has 6 heteroatoms. The van der Waals surface area contributed by atoms with Crippen molar-refractivity contribution >= 4 is 0 Å². The van der Waals surface area contributed by atoms with Gasteiger partial charge in [-0.3, -0.25) is 0 Å². The Morgan fingerprint density at radius 3 is 1.26 bits per heavy atom. The lowest BCUT2D eigenvalue weighted by Gasteiger charge is -2.41. The molecule has 6 unspecified atom stereocenters. The molecule has 0 N–H and O–H groups in total. The van der Waals surface area contributed by atoms with Crippen molar-refractivity contribution in [1.82, 2.24) is 0 Å². The van der Waals surface area contributed by atoms with Crippen molar-refractivity contribution in [2.45, 2.75) is 218 Å². The van der Waals surface area contributed by atoms with Gasteiger partial charge in [-0.25, -0.2) is 27.4 Å². The smallest absolute Gasteiger partial charge is 0.201 e.